The average molecular weight is 393 g/mol. The van der Waals surface area contributed by atoms with E-state index in [0.717, 1.165) is 18.2 Å². The van der Waals surface area contributed by atoms with E-state index in [2.05, 4.69) is 5.32 Å². The van der Waals surface area contributed by atoms with E-state index in [4.69, 9.17) is 16.3 Å². The number of hydrogen-bond donors (Lipinski definition) is 1. The van der Waals surface area contributed by atoms with Crippen LogP contribution in [-0.4, -0.2) is 22.9 Å². The number of nitrogens with one attached hydrogen (secondary N) is 1. The van der Waals surface area contributed by atoms with E-state index in [1.165, 1.54) is 43.3 Å². The monoisotopic (exact) mass is 392 g/mol. The number of amides is 1. The number of carbonyl (C=O) groups is 2. The summed E-state index contributed by atoms with van der Waals surface area (Å²) in [4.78, 5) is 33.9. The molecule has 0 bridgehead atoms. The molecule has 0 radical (unpaired) electrons. The van der Waals surface area contributed by atoms with Crippen LogP contribution in [0, 0.1) is 15.9 Å². The number of nitrogens with zero attached hydrogens (tertiary/aromatic N) is 1. The molecule has 0 spiro atoms. The second-order valence-corrected chi connectivity index (χ2v) is 5.78. The van der Waals surface area contributed by atoms with Crippen LogP contribution in [0.5, 0.6) is 0 Å². The molecule has 1 amide bonds. The van der Waals surface area contributed by atoms with Crippen LogP contribution in [0.2, 0.25) is 5.02 Å². The molecular weight excluding hydrogens is 379 g/mol. The molecule has 2 aromatic carbocycles. The highest BCUT2D eigenvalue weighted by Gasteiger charge is 2.18. The minimum atomic E-state index is -1.12. The summed E-state index contributed by atoms with van der Waals surface area (Å²) in [5.74, 6) is -1.96. The Labute approximate surface area is 158 Å². The first-order chi connectivity index (χ1) is 12.8. The number of benzene rings is 2. The van der Waals surface area contributed by atoms with Crippen LogP contribution in [0.3, 0.4) is 0 Å². The Morgan fingerprint density at radius 2 is 1.93 bits per heavy atom. The van der Waals surface area contributed by atoms with E-state index >= 15 is 0 Å². The molecule has 0 saturated carbocycles. The van der Waals surface area contributed by atoms with Gasteiger partial charge in [0.15, 0.2) is 6.10 Å². The third-order valence-corrected chi connectivity index (χ3v) is 3.68. The highest BCUT2D eigenvalue weighted by atomic mass is 35.5. The van der Waals surface area contributed by atoms with Gasteiger partial charge in [-0.05, 0) is 48.9 Å². The van der Waals surface area contributed by atoms with Gasteiger partial charge in [0.25, 0.3) is 11.6 Å². The van der Waals surface area contributed by atoms with Crippen LogP contribution in [0.1, 0.15) is 12.5 Å². The summed E-state index contributed by atoms with van der Waals surface area (Å²) in [7, 11) is 0. The molecule has 0 fully saturated rings. The van der Waals surface area contributed by atoms with Gasteiger partial charge in [0, 0.05) is 18.2 Å². The van der Waals surface area contributed by atoms with Gasteiger partial charge in [-0.3, -0.25) is 14.9 Å². The number of nitro benzene ring substituents is 1. The number of anilines is 1. The van der Waals surface area contributed by atoms with Crippen LogP contribution in [0.15, 0.2) is 48.5 Å². The van der Waals surface area contributed by atoms with Crippen molar-refractivity contribution in [1.29, 1.82) is 0 Å². The summed E-state index contributed by atoms with van der Waals surface area (Å²) >= 11 is 5.82. The lowest BCUT2D eigenvalue weighted by atomic mass is 10.2. The number of halogens is 2. The maximum absolute atomic E-state index is 13.0. The molecule has 0 aliphatic rings. The standard InChI is InChI=1S/C18H14ClFN2O5/c1-11(18(24)21-16-8-5-13(20)10-15(16)19)27-17(23)9-4-12-2-6-14(7-3-12)22(25)26/h2-11H,1H3,(H,21,24)/b9-4+/t11-/m0/s1. The summed E-state index contributed by atoms with van der Waals surface area (Å²) in [6.45, 7) is 1.37. The van der Waals surface area contributed by atoms with Crippen LogP contribution in [-0.2, 0) is 14.3 Å². The van der Waals surface area contributed by atoms with E-state index in [0.29, 0.717) is 5.56 Å². The van der Waals surface area contributed by atoms with Crippen molar-refractivity contribution in [1.82, 2.24) is 0 Å². The highest BCUT2D eigenvalue weighted by Crippen LogP contribution is 2.22. The molecule has 1 atom stereocenters. The van der Waals surface area contributed by atoms with Crippen molar-refractivity contribution in [2.45, 2.75) is 13.0 Å². The number of hydrogen-bond acceptors (Lipinski definition) is 5. The Morgan fingerprint density at radius 1 is 1.26 bits per heavy atom. The summed E-state index contributed by atoms with van der Waals surface area (Å²) < 4.78 is 18.0. The predicted octanol–water partition coefficient (Wildman–Crippen LogP) is 3.97. The van der Waals surface area contributed by atoms with Crippen molar-refractivity contribution < 1.29 is 23.6 Å². The van der Waals surface area contributed by atoms with Gasteiger partial charge in [0.05, 0.1) is 15.6 Å². The SMILES string of the molecule is C[C@H](OC(=O)/C=C/c1ccc([N+](=O)[O-])cc1)C(=O)Nc1ccc(F)cc1Cl. The molecule has 7 nitrogen and oxygen atoms in total. The summed E-state index contributed by atoms with van der Waals surface area (Å²) in [5, 5.41) is 13.0. The fourth-order valence-corrected chi connectivity index (χ4v) is 2.18. The van der Waals surface area contributed by atoms with Crippen molar-refractivity contribution in [3.05, 3.63) is 75.1 Å². The molecule has 0 heterocycles. The van der Waals surface area contributed by atoms with E-state index < -0.39 is 28.7 Å². The summed E-state index contributed by atoms with van der Waals surface area (Å²) in [6, 6.07) is 8.99. The summed E-state index contributed by atoms with van der Waals surface area (Å²) in [5.41, 5.74) is 0.666. The minimum Gasteiger partial charge on any atom is -0.449 e. The van der Waals surface area contributed by atoms with Gasteiger partial charge >= 0.3 is 5.97 Å². The van der Waals surface area contributed by atoms with Gasteiger partial charge in [0.1, 0.15) is 5.82 Å². The van der Waals surface area contributed by atoms with Gasteiger partial charge in [-0.2, -0.15) is 0 Å². The van der Waals surface area contributed by atoms with Crippen molar-refractivity contribution >= 4 is 40.9 Å². The third-order valence-electron chi connectivity index (χ3n) is 3.37. The number of rotatable bonds is 6. The van der Waals surface area contributed by atoms with Gasteiger partial charge in [0.2, 0.25) is 0 Å². The van der Waals surface area contributed by atoms with Crippen molar-refractivity contribution in [2.75, 3.05) is 5.32 Å². The maximum Gasteiger partial charge on any atom is 0.331 e. The van der Waals surface area contributed by atoms with E-state index in [9.17, 15) is 24.1 Å². The van der Waals surface area contributed by atoms with Crippen LogP contribution >= 0.6 is 11.6 Å². The largest absolute Gasteiger partial charge is 0.449 e. The molecule has 0 saturated heterocycles. The number of nitro groups is 1. The summed E-state index contributed by atoms with van der Waals surface area (Å²) in [6.07, 6.45) is 1.36. The molecule has 9 heteroatoms. The fraction of sp³-hybridized carbons (Fsp3) is 0.111. The maximum atomic E-state index is 13.0. The van der Waals surface area contributed by atoms with Gasteiger partial charge in [-0.1, -0.05) is 11.6 Å². The molecule has 0 aromatic heterocycles. The zero-order valence-corrected chi connectivity index (χ0v) is 14.8. The predicted molar refractivity (Wildman–Crippen MR) is 97.7 cm³/mol. The lowest BCUT2D eigenvalue weighted by Crippen LogP contribution is -2.29. The van der Waals surface area contributed by atoms with Gasteiger partial charge in [-0.15, -0.1) is 0 Å². The van der Waals surface area contributed by atoms with E-state index in [-0.39, 0.29) is 16.4 Å². The zero-order chi connectivity index (χ0) is 20.0. The van der Waals surface area contributed by atoms with Crippen LogP contribution in [0.4, 0.5) is 15.8 Å². The first-order valence-corrected chi connectivity index (χ1v) is 8.03. The van der Waals surface area contributed by atoms with E-state index in [1.54, 1.807) is 0 Å². The zero-order valence-electron chi connectivity index (χ0n) is 14.0. The molecule has 140 valence electrons. The van der Waals surface area contributed by atoms with Crippen molar-refractivity contribution in [3.63, 3.8) is 0 Å². The van der Waals surface area contributed by atoms with E-state index in [1.807, 2.05) is 0 Å². The lowest BCUT2D eigenvalue weighted by molar-refractivity contribution is -0.384. The van der Waals surface area contributed by atoms with Crippen molar-refractivity contribution in [2.24, 2.45) is 0 Å². The smallest absolute Gasteiger partial charge is 0.331 e. The molecule has 0 aliphatic heterocycles. The number of non-ortho nitro benzene ring substituents is 1. The average Bonchev–Trinajstić information content (AvgIpc) is 2.62. The lowest BCUT2D eigenvalue weighted by Gasteiger charge is -2.13. The normalized spacial score (nSPS) is 11.8. The Balaban J connectivity index is 1.92. The Bertz CT molecular complexity index is 899. The minimum absolute atomic E-state index is 0.0138. The molecule has 27 heavy (non-hydrogen) atoms. The first kappa shape index (κ1) is 20.1. The molecule has 1 N–H and O–H groups in total. The number of ether oxygens (including phenoxy) is 1. The third kappa shape index (κ3) is 5.89. The molecule has 0 unspecified atom stereocenters. The Kier molecular flexibility index (Phi) is 6.62. The fourth-order valence-electron chi connectivity index (χ4n) is 1.96. The molecule has 0 aliphatic carbocycles. The molecular formula is C18H14ClFN2O5. The Morgan fingerprint density at radius 3 is 2.52 bits per heavy atom. The van der Waals surface area contributed by atoms with Gasteiger partial charge < -0.3 is 10.1 Å². The number of carbonyl (C=O) groups excluding carboxylic acids is 2. The molecule has 2 rings (SSSR count). The van der Waals surface area contributed by atoms with Crippen LogP contribution < -0.4 is 5.32 Å². The topological polar surface area (TPSA) is 98.5 Å². The quantitative estimate of drug-likeness (QED) is 0.347. The first-order valence-electron chi connectivity index (χ1n) is 7.65. The Hall–Kier alpha value is -3.26. The number of esters is 1. The van der Waals surface area contributed by atoms with Crippen molar-refractivity contribution in [3.8, 4) is 0 Å². The highest BCUT2D eigenvalue weighted by molar-refractivity contribution is 6.33. The second kappa shape index (κ2) is 8.91. The van der Waals surface area contributed by atoms with Gasteiger partial charge in [-0.25, -0.2) is 9.18 Å². The van der Waals surface area contributed by atoms with Crippen LogP contribution in [0.25, 0.3) is 6.08 Å². The molecule has 2 aromatic rings. The second-order valence-electron chi connectivity index (χ2n) is 5.37.